The molecule has 2 aromatic rings. The molecule has 3 N–H and O–H groups in total. The average molecular weight is 290 g/mol. The van der Waals surface area contributed by atoms with Gasteiger partial charge in [-0.25, -0.2) is 0 Å². The molecule has 1 aromatic heterocycles. The van der Waals surface area contributed by atoms with Crippen molar-refractivity contribution in [3.63, 3.8) is 0 Å². The van der Waals surface area contributed by atoms with E-state index in [-0.39, 0.29) is 12.7 Å². The lowest BCUT2D eigenvalue weighted by molar-refractivity contribution is -0.147. The Balaban J connectivity index is 1.86. The minimum Gasteiger partial charge on any atom is -0.462 e. The van der Waals surface area contributed by atoms with Crippen LogP contribution in [-0.4, -0.2) is 36.3 Å². The molecule has 0 fully saturated rings. The molecule has 114 valence electrons. The van der Waals surface area contributed by atoms with E-state index in [2.05, 4.69) is 4.98 Å². The Hall–Kier alpha value is -1.85. The van der Waals surface area contributed by atoms with E-state index in [1.54, 1.807) is 0 Å². The molecule has 0 spiro atoms. The number of hydrogen-bond acceptors (Lipinski definition) is 4. The summed E-state index contributed by atoms with van der Waals surface area (Å²) in [7, 11) is 0. The van der Waals surface area contributed by atoms with Gasteiger partial charge in [-0.1, -0.05) is 18.2 Å². The third kappa shape index (κ3) is 4.31. The van der Waals surface area contributed by atoms with Crippen LogP contribution in [0.4, 0.5) is 0 Å². The van der Waals surface area contributed by atoms with E-state index >= 15 is 0 Å². The number of fused-ring (bicyclic) bond motifs is 1. The highest BCUT2D eigenvalue weighted by Crippen LogP contribution is 2.18. The van der Waals surface area contributed by atoms with Gasteiger partial charge in [-0.2, -0.15) is 0 Å². The molecule has 0 aliphatic heterocycles. The topological polar surface area (TPSA) is 77.3 Å². The van der Waals surface area contributed by atoms with E-state index in [1.165, 1.54) is 0 Å². The molecule has 21 heavy (non-hydrogen) atoms. The summed E-state index contributed by atoms with van der Waals surface area (Å²) < 4.78 is 10.4. The maximum atomic E-state index is 11.8. The van der Waals surface area contributed by atoms with Crippen LogP contribution in [0.2, 0.25) is 0 Å². The average Bonchev–Trinajstić information content (AvgIpc) is 2.86. The number of ether oxygens (including phenoxy) is 2. The molecule has 0 radical (unpaired) electrons. The Kier molecular flexibility index (Phi) is 5.36. The molecule has 0 bridgehead atoms. The van der Waals surface area contributed by atoms with Crippen molar-refractivity contribution in [1.29, 1.82) is 0 Å². The van der Waals surface area contributed by atoms with Gasteiger partial charge in [0, 0.05) is 23.5 Å². The molecule has 0 aliphatic carbocycles. The Morgan fingerprint density at radius 3 is 2.81 bits per heavy atom. The van der Waals surface area contributed by atoms with Gasteiger partial charge >= 0.3 is 5.97 Å². The van der Waals surface area contributed by atoms with Crippen LogP contribution in [0.15, 0.2) is 30.5 Å². The zero-order valence-corrected chi connectivity index (χ0v) is 12.5. The number of carbonyl (C=O) groups is 1. The number of aromatic nitrogens is 1. The summed E-state index contributed by atoms with van der Waals surface area (Å²) in [6.07, 6.45) is 2.47. The van der Waals surface area contributed by atoms with Crippen LogP contribution in [0.5, 0.6) is 0 Å². The molecule has 1 heterocycles. The van der Waals surface area contributed by atoms with Gasteiger partial charge < -0.3 is 20.2 Å². The van der Waals surface area contributed by atoms with Crippen molar-refractivity contribution in [1.82, 2.24) is 4.98 Å². The Labute approximate surface area is 124 Å². The fraction of sp³-hybridized carbons (Fsp3) is 0.438. The number of rotatable bonds is 7. The van der Waals surface area contributed by atoms with Gasteiger partial charge in [0.15, 0.2) is 0 Å². The fourth-order valence-corrected chi connectivity index (χ4v) is 2.15. The number of esters is 1. The van der Waals surface area contributed by atoms with Crippen molar-refractivity contribution in [2.75, 3.05) is 13.2 Å². The lowest BCUT2D eigenvalue weighted by Crippen LogP contribution is -2.35. The highest BCUT2D eigenvalue weighted by molar-refractivity contribution is 5.84. The molecule has 0 saturated carbocycles. The van der Waals surface area contributed by atoms with Crippen molar-refractivity contribution < 1.29 is 14.3 Å². The van der Waals surface area contributed by atoms with E-state index < -0.39 is 12.0 Å². The van der Waals surface area contributed by atoms with Crippen LogP contribution in [-0.2, 0) is 20.7 Å². The number of para-hydroxylation sites is 1. The van der Waals surface area contributed by atoms with Gasteiger partial charge in [0.2, 0.25) is 0 Å². The Bertz CT molecular complexity index is 592. The van der Waals surface area contributed by atoms with Crippen molar-refractivity contribution in [3.8, 4) is 0 Å². The van der Waals surface area contributed by atoms with Gasteiger partial charge in [-0.3, -0.25) is 4.79 Å². The third-order valence-electron chi connectivity index (χ3n) is 3.20. The number of hydrogen-bond donors (Lipinski definition) is 2. The first-order valence-electron chi connectivity index (χ1n) is 7.16. The van der Waals surface area contributed by atoms with E-state index in [4.69, 9.17) is 15.2 Å². The summed E-state index contributed by atoms with van der Waals surface area (Å²) in [5, 5.41) is 1.09. The standard InChI is InChI=1S/C16H22N2O3/c1-11(2)20-7-8-21-16(19)14(17)9-12-10-18-15-6-4-3-5-13(12)15/h3-6,10-11,14,18H,7-9,17H2,1-2H3. The summed E-state index contributed by atoms with van der Waals surface area (Å²) >= 11 is 0. The predicted octanol–water partition coefficient (Wildman–Crippen LogP) is 2.01. The van der Waals surface area contributed by atoms with Crippen molar-refractivity contribution >= 4 is 16.9 Å². The molecule has 5 nitrogen and oxygen atoms in total. The maximum absolute atomic E-state index is 11.8. The normalized spacial score (nSPS) is 12.8. The molecule has 2 rings (SSSR count). The second-order valence-corrected chi connectivity index (χ2v) is 5.26. The van der Waals surface area contributed by atoms with Crippen LogP contribution >= 0.6 is 0 Å². The van der Waals surface area contributed by atoms with Gasteiger partial charge in [0.05, 0.1) is 12.7 Å². The summed E-state index contributed by atoms with van der Waals surface area (Å²) in [4.78, 5) is 15.0. The zero-order valence-electron chi connectivity index (χ0n) is 12.5. The largest absolute Gasteiger partial charge is 0.462 e. The van der Waals surface area contributed by atoms with E-state index in [9.17, 15) is 4.79 Å². The van der Waals surface area contributed by atoms with E-state index in [1.807, 2.05) is 44.3 Å². The molecular weight excluding hydrogens is 268 g/mol. The smallest absolute Gasteiger partial charge is 0.323 e. The van der Waals surface area contributed by atoms with Gasteiger partial charge in [-0.05, 0) is 25.5 Å². The molecular formula is C16H22N2O3. The monoisotopic (exact) mass is 290 g/mol. The SMILES string of the molecule is CC(C)OCCOC(=O)C(N)Cc1c[nH]c2ccccc12. The van der Waals surface area contributed by atoms with Crippen LogP contribution in [0.1, 0.15) is 19.4 Å². The Morgan fingerprint density at radius 1 is 1.29 bits per heavy atom. The summed E-state index contributed by atoms with van der Waals surface area (Å²) in [5.41, 5.74) is 7.97. The third-order valence-corrected chi connectivity index (χ3v) is 3.20. The minimum atomic E-state index is -0.664. The first-order chi connectivity index (χ1) is 10.1. The molecule has 1 atom stereocenters. The highest BCUT2D eigenvalue weighted by Gasteiger charge is 2.17. The van der Waals surface area contributed by atoms with Gasteiger partial charge in [0.25, 0.3) is 0 Å². The van der Waals surface area contributed by atoms with Crippen molar-refractivity contribution in [3.05, 3.63) is 36.0 Å². The number of nitrogens with one attached hydrogen (secondary N) is 1. The minimum absolute atomic E-state index is 0.128. The summed E-state index contributed by atoms with van der Waals surface area (Å²) in [6, 6.07) is 7.27. The molecule has 1 aromatic carbocycles. The van der Waals surface area contributed by atoms with Gasteiger partial charge in [-0.15, -0.1) is 0 Å². The number of benzene rings is 1. The van der Waals surface area contributed by atoms with Gasteiger partial charge in [0.1, 0.15) is 12.6 Å². The maximum Gasteiger partial charge on any atom is 0.323 e. The first kappa shape index (κ1) is 15.5. The number of carbonyl (C=O) groups excluding carboxylic acids is 1. The lowest BCUT2D eigenvalue weighted by Gasteiger charge is -2.12. The van der Waals surface area contributed by atoms with Crippen molar-refractivity contribution in [2.24, 2.45) is 5.73 Å². The summed E-state index contributed by atoms with van der Waals surface area (Å²) in [5.74, 6) is -0.396. The van der Waals surface area contributed by atoms with Crippen LogP contribution < -0.4 is 5.73 Å². The molecule has 0 aliphatic rings. The Morgan fingerprint density at radius 2 is 2.05 bits per heavy atom. The first-order valence-corrected chi connectivity index (χ1v) is 7.16. The lowest BCUT2D eigenvalue weighted by atomic mass is 10.1. The fourth-order valence-electron chi connectivity index (χ4n) is 2.15. The van der Waals surface area contributed by atoms with Crippen molar-refractivity contribution in [2.45, 2.75) is 32.4 Å². The number of aromatic amines is 1. The molecule has 0 amide bonds. The zero-order chi connectivity index (χ0) is 15.2. The number of H-pyrrole nitrogens is 1. The molecule has 0 saturated heterocycles. The van der Waals surface area contributed by atoms with E-state index in [0.717, 1.165) is 16.5 Å². The highest BCUT2D eigenvalue weighted by atomic mass is 16.6. The van der Waals surface area contributed by atoms with E-state index in [0.29, 0.717) is 13.0 Å². The second-order valence-electron chi connectivity index (χ2n) is 5.26. The quantitative estimate of drug-likeness (QED) is 0.604. The van der Waals surface area contributed by atoms with Crippen LogP contribution in [0, 0.1) is 0 Å². The van der Waals surface area contributed by atoms with Crippen LogP contribution in [0.25, 0.3) is 10.9 Å². The van der Waals surface area contributed by atoms with Crippen LogP contribution in [0.3, 0.4) is 0 Å². The number of nitrogens with two attached hydrogens (primary N) is 1. The predicted molar refractivity (Wildman–Crippen MR) is 82.0 cm³/mol. The summed E-state index contributed by atoms with van der Waals surface area (Å²) in [6.45, 7) is 4.50. The molecule has 5 heteroatoms. The molecule has 1 unspecified atom stereocenters. The second kappa shape index (κ2) is 7.24.